The van der Waals surface area contributed by atoms with Crippen LogP contribution < -0.4 is 10.6 Å². The van der Waals surface area contributed by atoms with Gasteiger partial charge in [-0.15, -0.1) is 0 Å². The van der Waals surface area contributed by atoms with Crippen LogP contribution in [0.1, 0.15) is 33.5 Å². The number of benzene rings is 2. The Labute approximate surface area is 152 Å². The summed E-state index contributed by atoms with van der Waals surface area (Å²) >= 11 is 0. The SMILES string of the molecule is Cc1ccc(CCC(=O)NCC(=O)Nc2ccc(C)cc2C(=O)O)cc1. The summed E-state index contributed by atoms with van der Waals surface area (Å²) in [6, 6.07) is 12.7. The van der Waals surface area contributed by atoms with E-state index in [-0.39, 0.29) is 30.1 Å². The van der Waals surface area contributed by atoms with Crippen molar-refractivity contribution in [2.75, 3.05) is 11.9 Å². The van der Waals surface area contributed by atoms with E-state index in [0.717, 1.165) is 16.7 Å². The summed E-state index contributed by atoms with van der Waals surface area (Å²) in [5.41, 5.74) is 3.23. The maximum atomic E-state index is 12.0. The third-order valence-electron chi connectivity index (χ3n) is 3.89. The number of aromatic carboxylic acids is 1. The molecular formula is C20H22N2O4. The molecule has 0 spiro atoms. The second-order valence-corrected chi connectivity index (χ2v) is 6.16. The van der Waals surface area contributed by atoms with E-state index in [1.807, 2.05) is 31.2 Å². The summed E-state index contributed by atoms with van der Waals surface area (Å²) in [6.07, 6.45) is 0.871. The van der Waals surface area contributed by atoms with Gasteiger partial charge in [0.2, 0.25) is 11.8 Å². The molecule has 0 saturated carbocycles. The predicted octanol–water partition coefficient (Wildman–Crippen LogP) is 2.69. The molecule has 2 aromatic rings. The van der Waals surface area contributed by atoms with E-state index in [1.165, 1.54) is 12.1 Å². The first kappa shape index (κ1) is 19.2. The van der Waals surface area contributed by atoms with E-state index in [2.05, 4.69) is 10.6 Å². The Hall–Kier alpha value is -3.15. The smallest absolute Gasteiger partial charge is 0.337 e. The van der Waals surface area contributed by atoms with Gasteiger partial charge >= 0.3 is 5.97 Å². The first-order valence-corrected chi connectivity index (χ1v) is 8.31. The molecule has 0 bridgehead atoms. The van der Waals surface area contributed by atoms with E-state index in [0.29, 0.717) is 6.42 Å². The quantitative estimate of drug-likeness (QED) is 0.712. The lowest BCUT2D eigenvalue weighted by Crippen LogP contribution is -2.33. The van der Waals surface area contributed by atoms with E-state index >= 15 is 0 Å². The van der Waals surface area contributed by atoms with Crippen molar-refractivity contribution in [3.63, 3.8) is 0 Å². The molecule has 0 fully saturated rings. The fourth-order valence-electron chi connectivity index (χ4n) is 2.42. The van der Waals surface area contributed by atoms with Crippen molar-refractivity contribution in [2.45, 2.75) is 26.7 Å². The fourth-order valence-corrected chi connectivity index (χ4v) is 2.42. The molecule has 136 valence electrons. The van der Waals surface area contributed by atoms with Crippen LogP contribution in [0.4, 0.5) is 5.69 Å². The lowest BCUT2D eigenvalue weighted by molar-refractivity contribution is -0.124. The third-order valence-corrected chi connectivity index (χ3v) is 3.89. The van der Waals surface area contributed by atoms with E-state index in [9.17, 15) is 19.5 Å². The standard InChI is InChI=1S/C20H22N2O4/c1-13-3-6-15(7-4-13)8-10-18(23)21-12-19(24)22-17-9-5-14(2)11-16(17)20(25)26/h3-7,9,11H,8,10,12H2,1-2H3,(H,21,23)(H,22,24)(H,25,26). The van der Waals surface area contributed by atoms with Gasteiger partial charge in [-0.05, 0) is 38.0 Å². The maximum Gasteiger partial charge on any atom is 0.337 e. The zero-order valence-electron chi connectivity index (χ0n) is 14.8. The van der Waals surface area contributed by atoms with Gasteiger partial charge in [-0.3, -0.25) is 9.59 Å². The average molecular weight is 354 g/mol. The van der Waals surface area contributed by atoms with Crippen molar-refractivity contribution in [1.29, 1.82) is 0 Å². The van der Waals surface area contributed by atoms with Crippen LogP contribution in [0.5, 0.6) is 0 Å². The fraction of sp³-hybridized carbons (Fsp3) is 0.250. The van der Waals surface area contributed by atoms with Gasteiger partial charge in [-0.1, -0.05) is 41.5 Å². The molecule has 2 rings (SSSR count). The minimum Gasteiger partial charge on any atom is -0.478 e. The van der Waals surface area contributed by atoms with Crippen molar-refractivity contribution >= 4 is 23.5 Å². The number of carbonyl (C=O) groups is 3. The zero-order chi connectivity index (χ0) is 19.1. The van der Waals surface area contributed by atoms with Crippen LogP contribution in [0.25, 0.3) is 0 Å². The normalized spacial score (nSPS) is 10.2. The van der Waals surface area contributed by atoms with Crippen LogP contribution in [-0.4, -0.2) is 29.4 Å². The molecule has 6 heteroatoms. The average Bonchev–Trinajstić information content (AvgIpc) is 2.61. The van der Waals surface area contributed by atoms with Gasteiger partial charge in [0.1, 0.15) is 0 Å². The highest BCUT2D eigenvalue weighted by Crippen LogP contribution is 2.17. The molecule has 0 atom stereocenters. The molecule has 0 aliphatic carbocycles. The predicted molar refractivity (Wildman–Crippen MR) is 99.3 cm³/mol. The number of nitrogens with one attached hydrogen (secondary N) is 2. The Morgan fingerprint density at radius 2 is 1.58 bits per heavy atom. The Balaban J connectivity index is 1.82. The Morgan fingerprint density at radius 3 is 2.23 bits per heavy atom. The van der Waals surface area contributed by atoms with Gasteiger partial charge in [-0.25, -0.2) is 4.79 Å². The second-order valence-electron chi connectivity index (χ2n) is 6.16. The highest BCUT2D eigenvalue weighted by Gasteiger charge is 2.13. The van der Waals surface area contributed by atoms with Crippen molar-refractivity contribution < 1.29 is 19.5 Å². The molecule has 2 amide bonds. The summed E-state index contributed by atoms with van der Waals surface area (Å²) in [6.45, 7) is 3.56. The third kappa shape index (κ3) is 5.73. The largest absolute Gasteiger partial charge is 0.478 e. The van der Waals surface area contributed by atoms with Crippen molar-refractivity contribution in [3.8, 4) is 0 Å². The molecule has 0 saturated heterocycles. The minimum absolute atomic E-state index is 0.0176. The molecule has 0 aromatic heterocycles. The molecule has 0 radical (unpaired) electrons. The number of hydrogen-bond donors (Lipinski definition) is 3. The molecule has 0 heterocycles. The van der Waals surface area contributed by atoms with Crippen LogP contribution in [0, 0.1) is 13.8 Å². The van der Waals surface area contributed by atoms with Crippen molar-refractivity contribution in [3.05, 3.63) is 64.7 Å². The number of rotatable bonds is 7. The number of anilines is 1. The monoisotopic (exact) mass is 354 g/mol. The van der Waals surface area contributed by atoms with E-state index in [4.69, 9.17) is 0 Å². The summed E-state index contributed by atoms with van der Waals surface area (Å²) in [5, 5.41) is 14.3. The molecule has 0 aliphatic rings. The van der Waals surface area contributed by atoms with E-state index < -0.39 is 11.9 Å². The molecule has 6 nitrogen and oxygen atoms in total. The van der Waals surface area contributed by atoms with Crippen LogP contribution in [0.15, 0.2) is 42.5 Å². The molecule has 2 aromatic carbocycles. The summed E-state index contributed by atoms with van der Waals surface area (Å²) in [4.78, 5) is 35.1. The van der Waals surface area contributed by atoms with Crippen LogP contribution in [-0.2, 0) is 16.0 Å². The van der Waals surface area contributed by atoms with Crippen LogP contribution >= 0.6 is 0 Å². The minimum atomic E-state index is -1.12. The maximum absolute atomic E-state index is 12.0. The van der Waals surface area contributed by atoms with Gasteiger partial charge in [-0.2, -0.15) is 0 Å². The number of carboxylic acids is 1. The van der Waals surface area contributed by atoms with Gasteiger partial charge in [0.05, 0.1) is 17.8 Å². The molecular weight excluding hydrogens is 332 g/mol. The van der Waals surface area contributed by atoms with E-state index in [1.54, 1.807) is 13.0 Å². The molecule has 0 unspecified atom stereocenters. The Morgan fingerprint density at radius 1 is 0.923 bits per heavy atom. The number of aryl methyl sites for hydroxylation is 3. The molecule has 26 heavy (non-hydrogen) atoms. The topological polar surface area (TPSA) is 95.5 Å². The van der Waals surface area contributed by atoms with Gasteiger partial charge in [0.15, 0.2) is 0 Å². The number of carboxylic acid groups (broad SMARTS) is 1. The zero-order valence-corrected chi connectivity index (χ0v) is 14.8. The van der Waals surface area contributed by atoms with Crippen molar-refractivity contribution in [1.82, 2.24) is 5.32 Å². The lowest BCUT2D eigenvalue weighted by atomic mass is 10.1. The lowest BCUT2D eigenvalue weighted by Gasteiger charge is -2.10. The Kier molecular flexibility index (Phi) is 6.49. The number of amides is 2. The highest BCUT2D eigenvalue weighted by molar-refractivity contribution is 6.01. The van der Waals surface area contributed by atoms with Crippen LogP contribution in [0.3, 0.4) is 0 Å². The molecule has 3 N–H and O–H groups in total. The summed E-state index contributed by atoms with van der Waals surface area (Å²) < 4.78 is 0. The van der Waals surface area contributed by atoms with Gasteiger partial charge in [0, 0.05) is 6.42 Å². The number of carbonyl (C=O) groups excluding carboxylic acids is 2. The second kappa shape index (κ2) is 8.80. The first-order chi connectivity index (χ1) is 12.3. The number of hydrogen-bond acceptors (Lipinski definition) is 3. The molecule has 0 aliphatic heterocycles. The highest BCUT2D eigenvalue weighted by atomic mass is 16.4. The van der Waals surface area contributed by atoms with Crippen LogP contribution in [0.2, 0.25) is 0 Å². The summed E-state index contributed by atoms with van der Waals surface area (Å²) in [7, 11) is 0. The van der Waals surface area contributed by atoms with Gasteiger partial charge in [0.25, 0.3) is 0 Å². The summed E-state index contributed by atoms with van der Waals surface area (Å²) in [5.74, 6) is -1.82. The first-order valence-electron chi connectivity index (χ1n) is 8.31. The Bertz CT molecular complexity index is 813. The van der Waals surface area contributed by atoms with Crippen molar-refractivity contribution in [2.24, 2.45) is 0 Å². The van der Waals surface area contributed by atoms with Gasteiger partial charge < -0.3 is 15.7 Å².